The largest absolute Gasteiger partial charge is 0.336 e. The number of amides is 3. The van der Waals surface area contributed by atoms with Crippen LogP contribution in [0.25, 0.3) is 0 Å². The van der Waals surface area contributed by atoms with Gasteiger partial charge in [-0.05, 0) is 18.2 Å². The maximum atomic E-state index is 12.5. The van der Waals surface area contributed by atoms with Crippen molar-refractivity contribution in [3.8, 4) is 0 Å². The van der Waals surface area contributed by atoms with Crippen LogP contribution in [-0.4, -0.2) is 52.2 Å². The lowest BCUT2D eigenvalue weighted by atomic mass is 10.1. The fourth-order valence-electron chi connectivity index (χ4n) is 2.35. The Morgan fingerprint density at radius 1 is 1.45 bits per heavy atom. The second kappa shape index (κ2) is 5.84. The van der Waals surface area contributed by atoms with Crippen molar-refractivity contribution in [3.63, 3.8) is 0 Å². The Morgan fingerprint density at radius 3 is 3.00 bits per heavy atom. The van der Waals surface area contributed by atoms with Crippen LogP contribution in [0.2, 0.25) is 0 Å². The number of hydrogen-bond donors (Lipinski definition) is 2. The highest BCUT2D eigenvalue weighted by molar-refractivity contribution is 5.98. The van der Waals surface area contributed by atoms with Crippen LogP contribution in [-0.2, 0) is 6.54 Å². The molecule has 1 aromatic carbocycles. The lowest BCUT2D eigenvalue weighted by Gasteiger charge is -2.18. The molecular formula is C14H16N6O2. The number of anilines is 1. The molecule has 22 heavy (non-hydrogen) atoms. The van der Waals surface area contributed by atoms with E-state index in [0.29, 0.717) is 36.7 Å². The van der Waals surface area contributed by atoms with Crippen molar-refractivity contribution in [1.29, 1.82) is 0 Å². The van der Waals surface area contributed by atoms with Gasteiger partial charge in [0.05, 0.1) is 6.54 Å². The monoisotopic (exact) mass is 300 g/mol. The number of nitrogens with zero attached hydrogens (tertiary/aromatic N) is 4. The third-order valence-electron chi connectivity index (χ3n) is 3.46. The normalized spacial score (nSPS) is 14.0. The molecule has 1 aromatic heterocycles. The molecule has 0 atom stereocenters. The Labute approximate surface area is 127 Å². The number of nitrogens with one attached hydrogen (secondary N) is 2. The molecule has 0 bridgehead atoms. The Kier molecular flexibility index (Phi) is 3.73. The van der Waals surface area contributed by atoms with Crippen LogP contribution in [0.4, 0.5) is 10.5 Å². The van der Waals surface area contributed by atoms with Gasteiger partial charge in [-0.25, -0.2) is 9.78 Å². The smallest absolute Gasteiger partial charge is 0.321 e. The van der Waals surface area contributed by atoms with Gasteiger partial charge in [-0.15, -0.1) is 0 Å². The van der Waals surface area contributed by atoms with E-state index in [2.05, 4.69) is 20.5 Å². The Morgan fingerprint density at radius 2 is 2.32 bits per heavy atom. The number of H-pyrrole nitrogens is 1. The predicted molar refractivity (Wildman–Crippen MR) is 79.4 cm³/mol. The minimum absolute atomic E-state index is 0.139. The third-order valence-corrected chi connectivity index (χ3v) is 3.46. The van der Waals surface area contributed by atoms with Gasteiger partial charge in [0.2, 0.25) is 0 Å². The fraction of sp³-hybridized carbons (Fsp3) is 0.286. The van der Waals surface area contributed by atoms with Gasteiger partial charge < -0.3 is 10.2 Å². The maximum Gasteiger partial charge on any atom is 0.321 e. The molecule has 1 aliphatic rings. The number of rotatable bonds is 4. The molecule has 2 N–H and O–H groups in total. The summed E-state index contributed by atoms with van der Waals surface area (Å²) in [6.07, 6.45) is 1.40. The number of hydrogen-bond acceptors (Lipinski definition) is 4. The van der Waals surface area contributed by atoms with Crippen LogP contribution in [0.1, 0.15) is 16.2 Å². The molecule has 2 heterocycles. The highest BCUT2D eigenvalue weighted by Gasteiger charge is 2.22. The molecule has 0 aliphatic carbocycles. The summed E-state index contributed by atoms with van der Waals surface area (Å²) in [6.45, 7) is 1.56. The van der Waals surface area contributed by atoms with Crippen molar-refractivity contribution >= 4 is 17.6 Å². The summed E-state index contributed by atoms with van der Waals surface area (Å²) in [4.78, 5) is 31.3. The molecule has 0 spiro atoms. The van der Waals surface area contributed by atoms with E-state index in [1.54, 1.807) is 35.0 Å². The number of aromatic nitrogens is 3. The van der Waals surface area contributed by atoms with E-state index in [4.69, 9.17) is 0 Å². The number of aromatic amines is 1. The lowest BCUT2D eigenvalue weighted by Crippen LogP contribution is -2.29. The summed E-state index contributed by atoms with van der Waals surface area (Å²) in [5.41, 5.74) is 1.24. The fourth-order valence-corrected chi connectivity index (χ4v) is 2.35. The van der Waals surface area contributed by atoms with Gasteiger partial charge in [-0.1, -0.05) is 6.07 Å². The zero-order valence-electron chi connectivity index (χ0n) is 12.1. The lowest BCUT2D eigenvalue weighted by molar-refractivity contribution is 0.0781. The highest BCUT2D eigenvalue weighted by atomic mass is 16.2. The van der Waals surface area contributed by atoms with E-state index in [-0.39, 0.29) is 11.9 Å². The van der Waals surface area contributed by atoms with E-state index in [1.807, 2.05) is 6.07 Å². The van der Waals surface area contributed by atoms with E-state index in [1.165, 1.54) is 6.33 Å². The van der Waals surface area contributed by atoms with Crippen molar-refractivity contribution < 1.29 is 9.59 Å². The molecule has 1 aliphatic heterocycles. The molecule has 3 rings (SSSR count). The number of benzene rings is 1. The summed E-state index contributed by atoms with van der Waals surface area (Å²) in [6, 6.07) is 6.91. The van der Waals surface area contributed by atoms with Gasteiger partial charge >= 0.3 is 6.03 Å². The first-order chi connectivity index (χ1) is 10.6. The predicted octanol–water partition coefficient (Wildman–Crippen LogP) is 0.606. The SMILES string of the molecule is CN(Cc1ncn[nH]1)C(=O)c1cccc(N2CCNC2=O)c1. The zero-order chi connectivity index (χ0) is 15.5. The van der Waals surface area contributed by atoms with Gasteiger partial charge in [0, 0.05) is 31.4 Å². The molecule has 2 aromatic rings. The van der Waals surface area contributed by atoms with Crippen LogP contribution in [0, 0.1) is 0 Å². The summed E-state index contributed by atoms with van der Waals surface area (Å²) in [5.74, 6) is 0.476. The van der Waals surface area contributed by atoms with E-state index >= 15 is 0 Å². The molecule has 0 unspecified atom stereocenters. The molecule has 114 valence electrons. The Bertz CT molecular complexity index is 684. The first kappa shape index (κ1) is 14.1. The average molecular weight is 300 g/mol. The molecule has 1 saturated heterocycles. The first-order valence-electron chi connectivity index (χ1n) is 6.90. The van der Waals surface area contributed by atoms with Gasteiger partial charge in [-0.2, -0.15) is 5.10 Å². The van der Waals surface area contributed by atoms with Crippen molar-refractivity contribution in [2.75, 3.05) is 25.0 Å². The minimum atomic E-state index is -0.141. The zero-order valence-corrected chi connectivity index (χ0v) is 12.1. The molecule has 8 nitrogen and oxygen atoms in total. The summed E-state index contributed by atoms with van der Waals surface area (Å²) >= 11 is 0. The van der Waals surface area contributed by atoms with Crippen molar-refractivity contribution in [2.24, 2.45) is 0 Å². The summed E-state index contributed by atoms with van der Waals surface area (Å²) < 4.78 is 0. The average Bonchev–Trinajstić information content (AvgIpc) is 3.18. The number of urea groups is 1. The standard InChI is InChI=1S/C14H16N6O2/c1-19(8-12-16-9-17-18-12)13(21)10-3-2-4-11(7-10)20-6-5-15-14(20)22/h2-4,7,9H,5-6,8H2,1H3,(H,15,22)(H,16,17,18). The highest BCUT2D eigenvalue weighted by Crippen LogP contribution is 2.19. The van der Waals surface area contributed by atoms with Gasteiger partial charge in [0.15, 0.2) is 0 Å². The van der Waals surface area contributed by atoms with E-state index in [9.17, 15) is 9.59 Å². The molecule has 8 heteroatoms. The minimum Gasteiger partial charge on any atom is -0.336 e. The maximum absolute atomic E-state index is 12.5. The molecule has 1 fully saturated rings. The third kappa shape index (κ3) is 2.76. The Hall–Kier alpha value is -2.90. The van der Waals surface area contributed by atoms with Crippen molar-refractivity contribution in [2.45, 2.75) is 6.54 Å². The molecule has 0 radical (unpaired) electrons. The second-order valence-electron chi connectivity index (χ2n) is 5.03. The molecule has 0 saturated carbocycles. The second-order valence-corrected chi connectivity index (χ2v) is 5.03. The van der Waals surface area contributed by atoms with Crippen LogP contribution < -0.4 is 10.2 Å². The number of carbonyl (C=O) groups excluding carboxylic acids is 2. The Balaban J connectivity index is 1.76. The van der Waals surface area contributed by atoms with Crippen molar-refractivity contribution in [1.82, 2.24) is 25.4 Å². The summed E-state index contributed by atoms with van der Waals surface area (Å²) in [7, 11) is 1.69. The topological polar surface area (TPSA) is 94.2 Å². The van der Waals surface area contributed by atoms with Gasteiger partial charge in [0.1, 0.15) is 12.2 Å². The molecule has 3 amide bonds. The van der Waals surface area contributed by atoms with E-state index < -0.39 is 0 Å². The van der Waals surface area contributed by atoms with Crippen LogP contribution in [0.3, 0.4) is 0 Å². The molecular weight excluding hydrogens is 284 g/mol. The van der Waals surface area contributed by atoms with Crippen LogP contribution in [0.15, 0.2) is 30.6 Å². The first-order valence-corrected chi connectivity index (χ1v) is 6.90. The quantitative estimate of drug-likeness (QED) is 0.865. The van der Waals surface area contributed by atoms with Crippen LogP contribution in [0.5, 0.6) is 0 Å². The summed E-state index contributed by atoms with van der Waals surface area (Å²) in [5, 5.41) is 9.22. The van der Waals surface area contributed by atoms with E-state index in [0.717, 1.165) is 0 Å². The number of carbonyl (C=O) groups is 2. The van der Waals surface area contributed by atoms with Gasteiger partial charge in [-0.3, -0.25) is 14.8 Å². The van der Waals surface area contributed by atoms with Gasteiger partial charge in [0.25, 0.3) is 5.91 Å². The van der Waals surface area contributed by atoms with Crippen LogP contribution >= 0.6 is 0 Å². The van der Waals surface area contributed by atoms with Crippen molar-refractivity contribution in [3.05, 3.63) is 42.0 Å².